The zero-order chi connectivity index (χ0) is 16.4. The van der Waals surface area contributed by atoms with Crippen LogP contribution < -0.4 is 0 Å². The SMILES string of the molecule is CCc1ccc(-c2[nH]c3c(CC)cccc3c2CC(=O)O)cc1. The fraction of sp³-hybridized carbons (Fsp3) is 0.250. The molecule has 0 spiro atoms. The number of H-pyrrole nitrogens is 1. The van der Waals surface area contributed by atoms with Crippen LogP contribution in [0.25, 0.3) is 22.2 Å². The van der Waals surface area contributed by atoms with Gasteiger partial charge in [-0.05, 0) is 35.1 Å². The summed E-state index contributed by atoms with van der Waals surface area (Å²) in [6.45, 7) is 4.24. The molecular weight excluding hydrogens is 286 g/mol. The van der Waals surface area contributed by atoms with Crippen LogP contribution in [-0.4, -0.2) is 16.1 Å². The molecule has 23 heavy (non-hydrogen) atoms. The van der Waals surface area contributed by atoms with Crippen LogP contribution >= 0.6 is 0 Å². The highest BCUT2D eigenvalue weighted by molar-refractivity contribution is 5.95. The van der Waals surface area contributed by atoms with Gasteiger partial charge in [-0.3, -0.25) is 4.79 Å². The molecule has 3 nitrogen and oxygen atoms in total. The number of aliphatic carboxylic acids is 1. The Hall–Kier alpha value is -2.55. The van der Waals surface area contributed by atoms with E-state index in [1.165, 1.54) is 11.1 Å². The van der Waals surface area contributed by atoms with Gasteiger partial charge < -0.3 is 10.1 Å². The standard InChI is InChI=1S/C20H21NO2/c1-3-13-8-10-15(11-9-13)20-17(12-18(22)23)16-7-5-6-14(4-2)19(16)21-20/h5-11,21H,3-4,12H2,1-2H3,(H,22,23). The third kappa shape index (κ3) is 2.87. The van der Waals surface area contributed by atoms with Crippen molar-refractivity contribution in [2.75, 3.05) is 0 Å². The Morgan fingerprint density at radius 2 is 1.78 bits per heavy atom. The molecule has 3 heteroatoms. The summed E-state index contributed by atoms with van der Waals surface area (Å²) >= 11 is 0. The normalized spacial score (nSPS) is 11.0. The number of nitrogens with one attached hydrogen (secondary N) is 1. The lowest BCUT2D eigenvalue weighted by Crippen LogP contribution is -2.01. The molecule has 1 aromatic heterocycles. The van der Waals surface area contributed by atoms with Gasteiger partial charge in [0.2, 0.25) is 0 Å². The van der Waals surface area contributed by atoms with E-state index in [1.54, 1.807) is 0 Å². The second-order valence-electron chi connectivity index (χ2n) is 5.79. The molecule has 118 valence electrons. The van der Waals surface area contributed by atoms with Crippen molar-refractivity contribution in [3.05, 3.63) is 59.2 Å². The maximum Gasteiger partial charge on any atom is 0.307 e. The van der Waals surface area contributed by atoms with E-state index in [9.17, 15) is 9.90 Å². The molecule has 0 radical (unpaired) electrons. The summed E-state index contributed by atoms with van der Waals surface area (Å²) in [5, 5.41) is 10.3. The van der Waals surface area contributed by atoms with Crippen molar-refractivity contribution in [3.63, 3.8) is 0 Å². The molecule has 2 aromatic carbocycles. The quantitative estimate of drug-likeness (QED) is 0.724. The second kappa shape index (κ2) is 6.29. The lowest BCUT2D eigenvalue weighted by molar-refractivity contribution is -0.136. The first-order valence-corrected chi connectivity index (χ1v) is 8.07. The summed E-state index contributed by atoms with van der Waals surface area (Å²) < 4.78 is 0. The predicted molar refractivity (Wildman–Crippen MR) is 93.8 cm³/mol. The molecular formula is C20H21NO2. The van der Waals surface area contributed by atoms with Gasteiger partial charge in [-0.25, -0.2) is 0 Å². The van der Waals surface area contributed by atoms with Gasteiger partial charge in [0.15, 0.2) is 0 Å². The van der Waals surface area contributed by atoms with Crippen LogP contribution in [-0.2, 0) is 24.1 Å². The third-order valence-electron chi connectivity index (χ3n) is 4.39. The van der Waals surface area contributed by atoms with Crippen molar-refractivity contribution in [3.8, 4) is 11.3 Å². The number of rotatable bonds is 5. The highest BCUT2D eigenvalue weighted by atomic mass is 16.4. The van der Waals surface area contributed by atoms with Crippen molar-refractivity contribution in [1.29, 1.82) is 0 Å². The summed E-state index contributed by atoms with van der Waals surface area (Å²) in [6, 6.07) is 14.4. The van der Waals surface area contributed by atoms with E-state index in [0.29, 0.717) is 0 Å². The zero-order valence-electron chi connectivity index (χ0n) is 13.5. The van der Waals surface area contributed by atoms with Crippen molar-refractivity contribution in [1.82, 2.24) is 4.98 Å². The number of carbonyl (C=O) groups is 1. The average Bonchev–Trinajstić information content (AvgIpc) is 2.93. The van der Waals surface area contributed by atoms with Crippen LogP contribution in [0.2, 0.25) is 0 Å². The van der Waals surface area contributed by atoms with Gasteiger partial charge in [-0.2, -0.15) is 0 Å². The summed E-state index contributed by atoms with van der Waals surface area (Å²) in [5.41, 5.74) is 6.37. The molecule has 0 saturated carbocycles. The van der Waals surface area contributed by atoms with Crippen molar-refractivity contribution in [2.24, 2.45) is 0 Å². The number of aromatic nitrogens is 1. The van der Waals surface area contributed by atoms with E-state index in [-0.39, 0.29) is 6.42 Å². The van der Waals surface area contributed by atoms with Gasteiger partial charge in [0.1, 0.15) is 0 Å². The Kier molecular flexibility index (Phi) is 4.20. The lowest BCUT2D eigenvalue weighted by Gasteiger charge is -2.04. The second-order valence-corrected chi connectivity index (χ2v) is 5.79. The van der Waals surface area contributed by atoms with E-state index in [1.807, 2.05) is 12.1 Å². The Morgan fingerprint density at radius 1 is 1.04 bits per heavy atom. The van der Waals surface area contributed by atoms with Crippen LogP contribution in [0.3, 0.4) is 0 Å². The van der Waals surface area contributed by atoms with Gasteiger partial charge in [-0.15, -0.1) is 0 Å². The number of carboxylic acids is 1. The van der Waals surface area contributed by atoms with Crippen LogP contribution in [0.1, 0.15) is 30.5 Å². The van der Waals surface area contributed by atoms with Crippen LogP contribution in [0, 0.1) is 0 Å². The molecule has 0 unspecified atom stereocenters. The largest absolute Gasteiger partial charge is 0.481 e. The first-order chi connectivity index (χ1) is 11.1. The number of hydrogen-bond donors (Lipinski definition) is 2. The minimum absolute atomic E-state index is 0.0258. The number of fused-ring (bicyclic) bond motifs is 1. The highest BCUT2D eigenvalue weighted by Crippen LogP contribution is 2.32. The molecule has 0 amide bonds. The first kappa shape index (κ1) is 15.3. The van der Waals surface area contributed by atoms with E-state index in [0.717, 1.165) is 40.6 Å². The lowest BCUT2D eigenvalue weighted by atomic mass is 10.00. The van der Waals surface area contributed by atoms with Gasteiger partial charge >= 0.3 is 5.97 Å². The molecule has 0 atom stereocenters. The number of para-hydroxylation sites is 1. The molecule has 2 N–H and O–H groups in total. The van der Waals surface area contributed by atoms with Crippen molar-refractivity contribution < 1.29 is 9.90 Å². The molecule has 0 aliphatic heterocycles. The van der Waals surface area contributed by atoms with Gasteiger partial charge in [0.25, 0.3) is 0 Å². The monoisotopic (exact) mass is 307 g/mol. The van der Waals surface area contributed by atoms with Gasteiger partial charge in [-0.1, -0.05) is 56.3 Å². The van der Waals surface area contributed by atoms with E-state index < -0.39 is 5.97 Å². The zero-order valence-corrected chi connectivity index (χ0v) is 13.5. The van der Waals surface area contributed by atoms with Gasteiger partial charge in [0, 0.05) is 10.9 Å². The topological polar surface area (TPSA) is 53.1 Å². The predicted octanol–water partition coefficient (Wildman–Crippen LogP) is 4.59. The maximum absolute atomic E-state index is 11.3. The molecule has 1 heterocycles. The van der Waals surface area contributed by atoms with Crippen molar-refractivity contribution >= 4 is 16.9 Å². The molecule has 3 rings (SSSR count). The third-order valence-corrected chi connectivity index (χ3v) is 4.39. The number of hydrogen-bond acceptors (Lipinski definition) is 1. The molecule has 0 aliphatic rings. The molecule has 0 aliphatic carbocycles. The number of aryl methyl sites for hydroxylation is 2. The van der Waals surface area contributed by atoms with E-state index >= 15 is 0 Å². The minimum Gasteiger partial charge on any atom is -0.481 e. The Labute approximate surface area is 136 Å². The Morgan fingerprint density at radius 3 is 2.39 bits per heavy atom. The minimum atomic E-state index is -0.806. The summed E-state index contributed by atoms with van der Waals surface area (Å²) in [4.78, 5) is 14.8. The van der Waals surface area contributed by atoms with Gasteiger partial charge in [0.05, 0.1) is 12.1 Å². The fourth-order valence-electron chi connectivity index (χ4n) is 3.12. The fourth-order valence-corrected chi connectivity index (χ4v) is 3.12. The Balaban J connectivity index is 2.22. The molecule has 3 aromatic rings. The van der Waals surface area contributed by atoms with Crippen LogP contribution in [0.4, 0.5) is 0 Å². The molecule has 0 fully saturated rings. The Bertz CT molecular complexity index is 844. The smallest absolute Gasteiger partial charge is 0.307 e. The highest BCUT2D eigenvalue weighted by Gasteiger charge is 2.17. The molecule has 0 bridgehead atoms. The summed E-state index contributed by atoms with van der Waals surface area (Å²) in [6.07, 6.45) is 1.94. The number of benzene rings is 2. The van der Waals surface area contributed by atoms with Crippen LogP contribution in [0.15, 0.2) is 42.5 Å². The number of carboxylic acid groups (broad SMARTS) is 1. The maximum atomic E-state index is 11.3. The van der Waals surface area contributed by atoms with E-state index in [2.05, 4.69) is 49.2 Å². The first-order valence-electron chi connectivity index (χ1n) is 8.07. The van der Waals surface area contributed by atoms with Crippen molar-refractivity contribution in [2.45, 2.75) is 33.1 Å². The summed E-state index contributed by atoms with van der Waals surface area (Å²) in [5.74, 6) is -0.806. The van der Waals surface area contributed by atoms with E-state index in [4.69, 9.17) is 0 Å². The van der Waals surface area contributed by atoms with Crippen LogP contribution in [0.5, 0.6) is 0 Å². The number of aromatic amines is 1. The average molecular weight is 307 g/mol. The summed E-state index contributed by atoms with van der Waals surface area (Å²) in [7, 11) is 0. The molecule has 0 saturated heterocycles.